The van der Waals surface area contributed by atoms with Gasteiger partial charge in [-0.3, -0.25) is 0 Å². The van der Waals surface area contributed by atoms with Crippen LogP contribution in [0.1, 0.15) is 33.1 Å². The first-order chi connectivity index (χ1) is 7.35. The summed E-state index contributed by atoms with van der Waals surface area (Å²) in [6, 6.07) is 0.922. The van der Waals surface area contributed by atoms with Gasteiger partial charge in [-0.25, -0.2) is 9.79 Å². The molecule has 88 valence electrons. The third-order valence-corrected chi connectivity index (χ3v) is 3.88. The minimum atomic E-state index is -1.50. The third-order valence-electron chi connectivity index (χ3n) is 1.79. The van der Waals surface area contributed by atoms with Crippen LogP contribution in [0.15, 0.2) is 4.99 Å². The van der Waals surface area contributed by atoms with Gasteiger partial charge in [0.05, 0.1) is 6.54 Å². The molecule has 0 N–H and O–H groups in total. The van der Waals surface area contributed by atoms with Gasteiger partial charge >= 0.3 is 9.28 Å². The van der Waals surface area contributed by atoms with Gasteiger partial charge in [0.1, 0.15) is 0 Å². The SMILES string of the molecule is CCCO[SiH](CCCN=C=O)OCCC. The van der Waals surface area contributed by atoms with Crippen molar-refractivity contribution in [1.29, 1.82) is 0 Å². The molecule has 0 aromatic heterocycles. The van der Waals surface area contributed by atoms with E-state index >= 15 is 0 Å². The normalized spacial score (nSPS) is 10.3. The minimum Gasteiger partial charge on any atom is -0.397 e. The van der Waals surface area contributed by atoms with Crippen LogP contribution >= 0.6 is 0 Å². The maximum atomic E-state index is 9.85. The van der Waals surface area contributed by atoms with Crippen LogP contribution in [0.2, 0.25) is 6.04 Å². The Kier molecular flexibility index (Phi) is 11.2. The highest BCUT2D eigenvalue weighted by Crippen LogP contribution is 2.03. The Morgan fingerprint density at radius 3 is 2.27 bits per heavy atom. The van der Waals surface area contributed by atoms with Crippen LogP contribution in [0.5, 0.6) is 0 Å². The van der Waals surface area contributed by atoms with Crippen molar-refractivity contribution in [3.63, 3.8) is 0 Å². The molecule has 0 fully saturated rings. The Balaban J connectivity index is 3.62. The second-order valence-electron chi connectivity index (χ2n) is 3.29. The van der Waals surface area contributed by atoms with Crippen molar-refractivity contribution in [1.82, 2.24) is 0 Å². The van der Waals surface area contributed by atoms with Gasteiger partial charge in [0.25, 0.3) is 0 Å². The fourth-order valence-corrected chi connectivity index (χ4v) is 3.04. The molecule has 0 saturated carbocycles. The average molecular weight is 231 g/mol. The Labute approximate surface area is 93.5 Å². The molecule has 0 amide bonds. The second kappa shape index (κ2) is 11.6. The first-order valence-corrected chi connectivity index (χ1v) is 7.37. The summed E-state index contributed by atoms with van der Waals surface area (Å²) < 4.78 is 11.3. The first-order valence-electron chi connectivity index (χ1n) is 5.62. The summed E-state index contributed by atoms with van der Waals surface area (Å²) in [5.41, 5.74) is 0. The molecular formula is C10H21NO3Si. The Bertz CT molecular complexity index is 176. The maximum absolute atomic E-state index is 9.85. The van der Waals surface area contributed by atoms with E-state index in [0.717, 1.165) is 38.5 Å². The summed E-state index contributed by atoms with van der Waals surface area (Å²) in [4.78, 5) is 13.4. The van der Waals surface area contributed by atoms with Crippen LogP contribution < -0.4 is 0 Å². The zero-order valence-corrected chi connectivity index (χ0v) is 10.9. The quantitative estimate of drug-likeness (QED) is 0.249. The summed E-state index contributed by atoms with van der Waals surface area (Å²) in [5, 5.41) is 0. The van der Waals surface area contributed by atoms with E-state index in [1.54, 1.807) is 0 Å². The number of isocyanates is 1. The lowest BCUT2D eigenvalue weighted by atomic mass is 10.5. The minimum absolute atomic E-state index is 0.540. The van der Waals surface area contributed by atoms with Gasteiger partial charge in [0.2, 0.25) is 6.08 Å². The number of hydrogen-bond acceptors (Lipinski definition) is 4. The molecule has 0 aromatic carbocycles. The summed E-state index contributed by atoms with van der Waals surface area (Å²) >= 11 is 0. The molecule has 0 atom stereocenters. The zero-order valence-electron chi connectivity index (χ0n) is 9.70. The molecule has 0 saturated heterocycles. The molecule has 0 aromatic rings. The van der Waals surface area contributed by atoms with Crippen LogP contribution in [0.3, 0.4) is 0 Å². The lowest BCUT2D eigenvalue weighted by Gasteiger charge is -2.15. The zero-order chi connectivity index (χ0) is 11.4. The third kappa shape index (κ3) is 9.81. The van der Waals surface area contributed by atoms with Gasteiger partial charge in [0, 0.05) is 13.2 Å². The van der Waals surface area contributed by atoms with E-state index < -0.39 is 9.28 Å². The largest absolute Gasteiger partial charge is 0.397 e. The Morgan fingerprint density at radius 2 is 1.80 bits per heavy atom. The molecule has 0 aliphatic carbocycles. The van der Waals surface area contributed by atoms with Crippen LogP contribution in [0, 0.1) is 0 Å². The van der Waals surface area contributed by atoms with Gasteiger partial charge in [-0.05, 0) is 25.3 Å². The van der Waals surface area contributed by atoms with Gasteiger partial charge in [-0.1, -0.05) is 13.8 Å². The number of carbonyl (C=O) groups excluding carboxylic acids is 1. The van der Waals surface area contributed by atoms with E-state index in [4.69, 9.17) is 8.85 Å². The van der Waals surface area contributed by atoms with Crippen molar-refractivity contribution >= 4 is 15.4 Å². The molecule has 0 spiro atoms. The molecule has 0 rings (SSSR count). The van der Waals surface area contributed by atoms with Crippen LogP contribution in [0.25, 0.3) is 0 Å². The monoisotopic (exact) mass is 231 g/mol. The number of hydrogen-bond donors (Lipinski definition) is 0. The van der Waals surface area contributed by atoms with Crippen molar-refractivity contribution in [2.24, 2.45) is 4.99 Å². The molecule has 0 radical (unpaired) electrons. The number of aliphatic imine (C=N–C) groups is 1. The lowest BCUT2D eigenvalue weighted by Crippen LogP contribution is -2.24. The molecule has 0 unspecified atom stereocenters. The molecule has 4 nitrogen and oxygen atoms in total. The standard InChI is InChI=1S/C10H21NO3Si/c1-3-7-13-15(14-8-4-2)9-5-6-11-10-12/h15H,3-9H2,1-2H3. The van der Waals surface area contributed by atoms with Gasteiger partial charge < -0.3 is 8.85 Å². The maximum Gasteiger partial charge on any atom is 0.321 e. The highest BCUT2D eigenvalue weighted by Gasteiger charge is 2.11. The van der Waals surface area contributed by atoms with Gasteiger partial charge in [0.15, 0.2) is 0 Å². The molecule has 0 aliphatic rings. The van der Waals surface area contributed by atoms with E-state index in [2.05, 4.69) is 18.8 Å². The van der Waals surface area contributed by atoms with E-state index in [1.165, 1.54) is 6.08 Å². The van der Waals surface area contributed by atoms with Crippen molar-refractivity contribution < 1.29 is 13.6 Å². The molecule has 0 bridgehead atoms. The van der Waals surface area contributed by atoms with Crippen molar-refractivity contribution in [2.75, 3.05) is 19.8 Å². The smallest absolute Gasteiger partial charge is 0.321 e. The lowest BCUT2D eigenvalue weighted by molar-refractivity contribution is 0.196. The molecule has 0 heterocycles. The van der Waals surface area contributed by atoms with Crippen LogP contribution in [0.4, 0.5) is 0 Å². The van der Waals surface area contributed by atoms with Gasteiger partial charge in [-0.2, -0.15) is 0 Å². The highest BCUT2D eigenvalue weighted by molar-refractivity contribution is 6.44. The fourth-order valence-electron chi connectivity index (χ4n) is 1.10. The predicted molar refractivity (Wildman–Crippen MR) is 62.0 cm³/mol. The van der Waals surface area contributed by atoms with Gasteiger partial charge in [-0.15, -0.1) is 0 Å². The summed E-state index contributed by atoms with van der Waals surface area (Å²) in [6.07, 6.45) is 4.44. The molecule has 0 aliphatic heterocycles. The average Bonchev–Trinajstić information content (AvgIpc) is 2.27. The van der Waals surface area contributed by atoms with Crippen molar-refractivity contribution in [2.45, 2.75) is 39.2 Å². The van der Waals surface area contributed by atoms with Crippen molar-refractivity contribution in [3.8, 4) is 0 Å². The van der Waals surface area contributed by atoms with Crippen LogP contribution in [-0.2, 0) is 13.6 Å². The second-order valence-corrected chi connectivity index (χ2v) is 5.39. The van der Waals surface area contributed by atoms with E-state index in [-0.39, 0.29) is 0 Å². The van der Waals surface area contributed by atoms with E-state index in [0.29, 0.717) is 6.54 Å². The molecular weight excluding hydrogens is 210 g/mol. The molecule has 15 heavy (non-hydrogen) atoms. The fraction of sp³-hybridized carbons (Fsp3) is 0.900. The summed E-state index contributed by atoms with van der Waals surface area (Å²) in [6.45, 7) is 6.26. The Hall–Kier alpha value is -0.483. The van der Waals surface area contributed by atoms with Crippen LogP contribution in [-0.4, -0.2) is 35.1 Å². The number of rotatable bonds is 10. The molecule has 5 heteroatoms. The van der Waals surface area contributed by atoms with Crippen molar-refractivity contribution in [3.05, 3.63) is 0 Å². The number of nitrogens with zero attached hydrogens (tertiary/aromatic N) is 1. The van der Waals surface area contributed by atoms with E-state index in [9.17, 15) is 4.79 Å². The summed E-state index contributed by atoms with van der Waals surface area (Å²) in [7, 11) is -1.50. The topological polar surface area (TPSA) is 47.9 Å². The predicted octanol–water partition coefficient (Wildman–Crippen LogP) is 1.79. The first kappa shape index (κ1) is 14.5. The summed E-state index contributed by atoms with van der Waals surface area (Å²) in [5.74, 6) is 0. The highest BCUT2D eigenvalue weighted by atomic mass is 28.3. The van der Waals surface area contributed by atoms with E-state index in [1.807, 2.05) is 0 Å². The Morgan fingerprint density at radius 1 is 1.20 bits per heavy atom.